The second kappa shape index (κ2) is 6.73. The molecule has 0 aliphatic rings. The van der Waals surface area contributed by atoms with Crippen LogP contribution in [0.3, 0.4) is 0 Å². The Bertz CT molecular complexity index is 396. The average molecular weight is 288 g/mol. The Morgan fingerprint density at radius 3 is 2.58 bits per heavy atom. The molecule has 19 heavy (non-hydrogen) atoms. The lowest BCUT2D eigenvalue weighted by Crippen LogP contribution is -2.27. The van der Waals surface area contributed by atoms with Crippen LogP contribution in [0.1, 0.15) is 32.9 Å². The largest absolute Gasteiger partial charge is 0.393 e. The van der Waals surface area contributed by atoms with Crippen LogP contribution in [-0.2, 0) is 13.0 Å². The monoisotopic (exact) mass is 287 g/mol. The number of rotatable bonds is 6. The highest BCUT2D eigenvalue weighted by Gasteiger charge is 2.22. The van der Waals surface area contributed by atoms with E-state index in [2.05, 4.69) is 10.00 Å². The highest BCUT2D eigenvalue weighted by atomic mass is 35.5. The van der Waals surface area contributed by atoms with Gasteiger partial charge in [-0.3, -0.25) is 4.68 Å². The van der Waals surface area contributed by atoms with Crippen LogP contribution in [-0.4, -0.2) is 46.5 Å². The van der Waals surface area contributed by atoms with E-state index in [1.807, 2.05) is 39.5 Å². The molecule has 1 atom stereocenters. The fraction of sp³-hybridized carbons (Fsp3) is 0.786. The summed E-state index contributed by atoms with van der Waals surface area (Å²) in [5.74, 6) is 0. The van der Waals surface area contributed by atoms with Crippen molar-refractivity contribution in [3.8, 4) is 0 Å². The number of likely N-dealkylation sites (N-methyl/N-ethyl adjacent to an activating group) is 1. The summed E-state index contributed by atoms with van der Waals surface area (Å²) in [6, 6.07) is 0. The molecule has 0 saturated heterocycles. The molecule has 1 aromatic rings. The average Bonchev–Trinajstić information content (AvgIpc) is 2.63. The topological polar surface area (TPSA) is 41.3 Å². The zero-order valence-electron chi connectivity index (χ0n) is 12.6. The molecule has 0 radical (unpaired) electrons. The molecule has 1 N–H and O–H groups in total. The molecule has 0 amide bonds. The molecular weight excluding hydrogens is 262 g/mol. The first kappa shape index (κ1) is 16.5. The van der Waals surface area contributed by atoms with Crippen molar-refractivity contribution in [3.63, 3.8) is 0 Å². The Morgan fingerprint density at radius 1 is 1.42 bits per heavy atom. The second-order valence-corrected chi connectivity index (χ2v) is 6.79. The van der Waals surface area contributed by atoms with Crippen molar-refractivity contribution < 1.29 is 5.11 Å². The zero-order chi connectivity index (χ0) is 14.6. The van der Waals surface area contributed by atoms with Gasteiger partial charge in [0.15, 0.2) is 0 Å². The highest BCUT2D eigenvalue weighted by molar-refractivity contribution is 6.31. The van der Waals surface area contributed by atoms with E-state index in [4.69, 9.17) is 11.6 Å². The van der Waals surface area contributed by atoms with E-state index in [-0.39, 0.29) is 11.5 Å². The fourth-order valence-electron chi connectivity index (χ4n) is 1.83. The van der Waals surface area contributed by atoms with E-state index >= 15 is 0 Å². The predicted octanol–water partition coefficient (Wildman–Crippen LogP) is 2.44. The van der Waals surface area contributed by atoms with Gasteiger partial charge in [-0.2, -0.15) is 5.10 Å². The molecular formula is C14H26ClN3O. The lowest BCUT2D eigenvalue weighted by molar-refractivity contribution is 0.0555. The third-order valence-corrected chi connectivity index (χ3v) is 3.63. The summed E-state index contributed by atoms with van der Waals surface area (Å²) in [6.45, 7) is 7.88. The zero-order valence-corrected chi connectivity index (χ0v) is 13.4. The van der Waals surface area contributed by atoms with Crippen LogP contribution in [0.15, 0.2) is 6.20 Å². The minimum Gasteiger partial charge on any atom is -0.393 e. The van der Waals surface area contributed by atoms with Crippen LogP contribution in [0.2, 0.25) is 5.02 Å². The fourth-order valence-corrected chi connectivity index (χ4v) is 2.07. The van der Waals surface area contributed by atoms with Crippen molar-refractivity contribution in [3.05, 3.63) is 16.9 Å². The number of aromatic nitrogens is 2. The number of hydrogen-bond donors (Lipinski definition) is 1. The van der Waals surface area contributed by atoms with Crippen LogP contribution in [0, 0.1) is 5.41 Å². The number of nitrogens with zero attached hydrogens (tertiary/aromatic N) is 3. The Kier molecular flexibility index (Phi) is 5.83. The third kappa shape index (κ3) is 5.13. The molecule has 5 heteroatoms. The lowest BCUT2D eigenvalue weighted by Gasteiger charge is -2.25. The van der Waals surface area contributed by atoms with Gasteiger partial charge in [0.05, 0.1) is 29.6 Å². The summed E-state index contributed by atoms with van der Waals surface area (Å²) in [6.07, 6.45) is 2.82. The van der Waals surface area contributed by atoms with E-state index in [9.17, 15) is 5.11 Å². The Labute approximate surface area is 121 Å². The molecule has 0 saturated carbocycles. The first-order chi connectivity index (χ1) is 8.71. The molecule has 1 rings (SSSR count). The van der Waals surface area contributed by atoms with Crippen LogP contribution < -0.4 is 0 Å². The van der Waals surface area contributed by atoms with E-state index < -0.39 is 0 Å². The predicted molar refractivity (Wildman–Crippen MR) is 79.6 cm³/mol. The van der Waals surface area contributed by atoms with Gasteiger partial charge < -0.3 is 10.0 Å². The molecule has 1 unspecified atom stereocenters. The van der Waals surface area contributed by atoms with Crippen molar-refractivity contribution in [1.29, 1.82) is 0 Å². The Morgan fingerprint density at radius 2 is 2.05 bits per heavy atom. The molecule has 110 valence electrons. The van der Waals surface area contributed by atoms with Crippen LogP contribution in [0.4, 0.5) is 0 Å². The van der Waals surface area contributed by atoms with E-state index in [0.29, 0.717) is 11.4 Å². The molecule has 4 nitrogen and oxygen atoms in total. The molecule has 0 aromatic carbocycles. The van der Waals surface area contributed by atoms with Gasteiger partial charge in [-0.05, 0) is 32.4 Å². The molecule has 0 aliphatic heterocycles. The first-order valence-corrected chi connectivity index (χ1v) is 7.12. The number of hydrogen-bond acceptors (Lipinski definition) is 3. The Balaban J connectivity index is 2.64. The molecule has 0 aliphatic carbocycles. The molecule has 0 spiro atoms. The van der Waals surface area contributed by atoms with Crippen LogP contribution >= 0.6 is 11.6 Å². The summed E-state index contributed by atoms with van der Waals surface area (Å²) in [7, 11) is 4.07. The Hall–Kier alpha value is -0.580. The maximum absolute atomic E-state index is 10.1. The summed E-state index contributed by atoms with van der Waals surface area (Å²) in [4.78, 5) is 2.11. The van der Waals surface area contributed by atoms with Gasteiger partial charge >= 0.3 is 0 Å². The summed E-state index contributed by atoms with van der Waals surface area (Å²) >= 11 is 6.18. The van der Waals surface area contributed by atoms with Crippen LogP contribution in [0.5, 0.6) is 0 Å². The lowest BCUT2D eigenvalue weighted by atomic mass is 9.86. The highest BCUT2D eigenvalue weighted by Crippen LogP contribution is 2.25. The number of aliphatic hydroxyl groups is 1. The van der Waals surface area contributed by atoms with Gasteiger partial charge in [0.25, 0.3) is 0 Å². The van der Waals surface area contributed by atoms with E-state index in [0.717, 1.165) is 25.2 Å². The maximum Gasteiger partial charge on any atom is 0.0817 e. The maximum atomic E-state index is 10.1. The normalized spacial score (nSPS) is 14.1. The second-order valence-electron chi connectivity index (χ2n) is 6.39. The molecule has 0 fully saturated rings. The van der Waals surface area contributed by atoms with E-state index in [1.165, 1.54) is 0 Å². The third-order valence-electron chi connectivity index (χ3n) is 3.31. The molecule has 1 aromatic heterocycles. The number of aliphatic hydroxyl groups excluding tert-OH is 1. The van der Waals surface area contributed by atoms with Gasteiger partial charge in [-0.15, -0.1) is 0 Å². The van der Waals surface area contributed by atoms with E-state index in [1.54, 1.807) is 6.20 Å². The summed E-state index contributed by atoms with van der Waals surface area (Å²) < 4.78 is 1.94. The van der Waals surface area contributed by atoms with Crippen molar-refractivity contribution in [2.75, 3.05) is 20.6 Å². The standard InChI is InChI=1S/C14H26ClN3O/c1-14(2,3)13(19)7-6-12-11(15)10-16-18(12)9-8-17(4)5/h10,13,19H,6-9H2,1-5H3. The minimum absolute atomic E-state index is 0.0963. The number of halogens is 1. The molecule has 0 bridgehead atoms. The first-order valence-electron chi connectivity index (χ1n) is 6.75. The van der Waals surface area contributed by atoms with Crippen molar-refractivity contribution in [2.45, 2.75) is 46.3 Å². The van der Waals surface area contributed by atoms with Crippen molar-refractivity contribution in [2.24, 2.45) is 5.41 Å². The quantitative estimate of drug-likeness (QED) is 0.874. The SMILES string of the molecule is CN(C)CCn1ncc(Cl)c1CCC(O)C(C)(C)C. The minimum atomic E-state index is -0.333. The van der Waals surface area contributed by atoms with Crippen molar-refractivity contribution in [1.82, 2.24) is 14.7 Å². The van der Waals surface area contributed by atoms with Gasteiger partial charge in [0, 0.05) is 6.54 Å². The van der Waals surface area contributed by atoms with Crippen LogP contribution in [0.25, 0.3) is 0 Å². The summed E-state index contributed by atoms with van der Waals surface area (Å²) in [5.41, 5.74) is 0.924. The van der Waals surface area contributed by atoms with Gasteiger partial charge in [-0.25, -0.2) is 0 Å². The summed E-state index contributed by atoms with van der Waals surface area (Å²) in [5, 5.41) is 15.1. The van der Waals surface area contributed by atoms with Gasteiger partial charge in [-0.1, -0.05) is 32.4 Å². The van der Waals surface area contributed by atoms with Crippen molar-refractivity contribution >= 4 is 11.6 Å². The van der Waals surface area contributed by atoms with Gasteiger partial charge in [0.2, 0.25) is 0 Å². The van der Waals surface area contributed by atoms with Gasteiger partial charge in [0.1, 0.15) is 0 Å². The smallest absolute Gasteiger partial charge is 0.0817 e. The molecule has 1 heterocycles.